The standard InChI is InChI=1S/C15H8N4O6/c20-13(21)4-1-6(14(22)23)19-11-8(4)9-5(2-7(18-9)15(24)25)10-12(11)17-3-16-10/h2-3,18H,1H2,(H,20,21)(H,22,23)(H,24,25). The van der Waals surface area contributed by atoms with Gasteiger partial charge in [-0.25, -0.2) is 29.4 Å². The highest BCUT2D eigenvalue weighted by molar-refractivity contribution is 6.40. The number of aliphatic carboxylic acids is 2. The molecule has 4 N–H and O–H groups in total. The van der Waals surface area contributed by atoms with Crippen molar-refractivity contribution >= 4 is 57.8 Å². The van der Waals surface area contributed by atoms with Crippen LogP contribution in [-0.2, 0) is 9.59 Å². The van der Waals surface area contributed by atoms with Gasteiger partial charge in [-0.1, -0.05) is 0 Å². The molecule has 10 nitrogen and oxygen atoms in total. The molecule has 124 valence electrons. The lowest BCUT2D eigenvalue weighted by molar-refractivity contribution is -0.130. The molecule has 0 atom stereocenters. The first-order chi connectivity index (χ1) is 11.9. The van der Waals surface area contributed by atoms with Gasteiger partial charge in [-0.05, 0) is 6.07 Å². The van der Waals surface area contributed by atoms with Crippen molar-refractivity contribution in [2.45, 2.75) is 6.42 Å². The summed E-state index contributed by atoms with van der Waals surface area (Å²) in [6, 6.07) is 1.34. The van der Waals surface area contributed by atoms with Crippen LogP contribution in [0.25, 0.3) is 16.5 Å². The largest absolute Gasteiger partial charge is 0.478 e. The van der Waals surface area contributed by atoms with Crippen molar-refractivity contribution in [1.82, 2.24) is 4.98 Å². The number of nitrogens with zero attached hydrogens (tertiary/aromatic N) is 3. The molecule has 0 spiro atoms. The first kappa shape index (κ1) is 14.8. The Bertz CT molecular complexity index is 1200. The maximum absolute atomic E-state index is 11.7. The number of carboxylic acid groups (broad SMARTS) is 3. The molecule has 4 rings (SSSR count). The summed E-state index contributed by atoms with van der Waals surface area (Å²) in [6.45, 7) is 0. The van der Waals surface area contributed by atoms with Crippen LogP contribution in [0.3, 0.4) is 0 Å². The molecule has 2 aromatic rings. The Morgan fingerprint density at radius 2 is 1.80 bits per heavy atom. The Kier molecular flexibility index (Phi) is 2.85. The fourth-order valence-corrected chi connectivity index (χ4v) is 2.97. The molecule has 1 aromatic heterocycles. The molecule has 0 saturated carbocycles. The summed E-state index contributed by atoms with van der Waals surface area (Å²) in [5.74, 6) is -3.88. The minimum atomic E-state index is -1.34. The first-order valence-corrected chi connectivity index (χ1v) is 6.98. The number of aliphatic imine (C=N–C) groups is 2. The molecule has 0 bridgehead atoms. The van der Waals surface area contributed by atoms with Gasteiger partial charge in [0.15, 0.2) is 0 Å². The van der Waals surface area contributed by atoms with Gasteiger partial charge in [0, 0.05) is 17.0 Å². The number of benzene rings is 1. The highest BCUT2D eigenvalue weighted by Crippen LogP contribution is 2.30. The van der Waals surface area contributed by atoms with Gasteiger partial charge < -0.3 is 20.3 Å². The number of fused-ring (bicyclic) bond motifs is 6. The summed E-state index contributed by atoms with van der Waals surface area (Å²) in [4.78, 5) is 49.1. The third-order valence-electron chi connectivity index (χ3n) is 4.01. The quantitative estimate of drug-likeness (QED) is 0.612. The SMILES string of the molecule is O=C(O)C1=Nc2c3c(c4cc(C(=O)O)[nH]c4c2=C(C(=O)O)C1)=NC=N3. The van der Waals surface area contributed by atoms with Gasteiger partial charge >= 0.3 is 17.9 Å². The summed E-state index contributed by atoms with van der Waals surface area (Å²) in [7, 11) is 0. The fourth-order valence-electron chi connectivity index (χ4n) is 2.97. The second-order valence-corrected chi connectivity index (χ2v) is 5.40. The number of H-pyrrole nitrogens is 1. The van der Waals surface area contributed by atoms with E-state index in [-0.39, 0.29) is 39.1 Å². The highest BCUT2D eigenvalue weighted by atomic mass is 16.4. The highest BCUT2D eigenvalue weighted by Gasteiger charge is 2.28. The molecule has 0 unspecified atom stereocenters. The van der Waals surface area contributed by atoms with Gasteiger partial charge in [0.25, 0.3) is 0 Å². The average Bonchev–Trinajstić information content (AvgIpc) is 3.20. The summed E-state index contributed by atoms with van der Waals surface area (Å²) in [5.41, 5.74) is -0.179. The van der Waals surface area contributed by atoms with E-state index in [2.05, 4.69) is 20.0 Å². The van der Waals surface area contributed by atoms with Crippen LogP contribution in [0.4, 0.5) is 11.4 Å². The number of aromatic nitrogens is 1. The molecule has 10 heteroatoms. The Morgan fingerprint density at radius 1 is 1.04 bits per heavy atom. The van der Waals surface area contributed by atoms with Crippen molar-refractivity contribution in [1.29, 1.82) is 0 Å². The average molecular weight is 340 g/mol. The molecule has 0 fully saturated rings. The zero-order valence-electron chi connectivity index (χ0n) is 12.3. The second kappa shape index (κ2) is 4.84. The van der Waals surface area contributed by atoms with E-state index < -0.39 is 24.3 Å². The lowest BCUT2D eigenvalue weighted by Gasteiger charge is -2.13. The predicted molar refractivity (Wildman–Crippen MR) is 84.6 cm³/mol. The molecule has 0 aliphatic carbocycles. The Hall–Kier alpha value is -3.82. The Labute approximate surface area is 137 Å². The van der Waals surface area contributed by atoms with Crippen LogP contribution in [0.2, 0.25) is 0 Å². The number of aromatic carboxylic acids is 1. The molecule has 0 amide bonds. The van der Waals surface area contributed by atoms with E-state index in [1.807, 2.05) is 0 Å². The maximum atomic E-state index is 11.7. The molecule has 0 saturated heterocycles. The van der Waals surface area contributed by atoms with E-state index in [1.165, 1.54) is 12.4 Å². The third-order valence-corrected chi connectivity index (χ3v) is 4.01. The summed E-state index contributed by atoms with van der Waals surface area (Å²) in [6.07, 6.45) is 0.830. The van der Waals surface area contributed by atoms with Gasteiger partial charge in [0.1, 0.15) is 34.5 Å². The smallest absolute Gasteiger partial charge is 0.352 e. The van der Waals surface area contributed by atoms with Crippen molar-refractivity contribution < 1.29 is 29.7 Å². The van der Waals surface area contributed by atoms with Crippen LogP contribution in [-0.4, -0.2) is 50.3 Å². The minimum absolute atomic E-state index is 0.0554. The number of rotatable bonds is 3. The predicted octanol–water partition coefficient (Wildman–Crippen LogP) is -0.0448. The Morgan fingerprint density at radius 3 is 2.44 bits per heavy atom. The molecular weight excluding hydrogens is 332 g/mol. The molecule has 3 heterocycles. The number of hydrogen-bond donors (Lipinski definition) is 4. The molecule has 2 aliphatic heterocycles. The van der Waals surface area contributed by atoms with E-state index in [1.54, 1.807) is 0 Å². The topological polar surface area (TPSA) is 165 Å². The van der Waals surface area contributed by atoms with E-state index >= 15 is 0 Å². The van der Waals surface area contributed by atoms with Crippen LogP contribution in [0.1, 0.15) is 16.9 Å². The van der Waals surface area contributed by atoms with Crippen molar-refractivity contribution in [2.75, 3.05) is 0 Å². The summed E-state index contributed by atoms with van der Waals surface area (Å²) < 4.78 is 0. The normalized spacial score (nSPS) is 14.7. The van der Waals surface area contributed by atoms with E-state index in [0.29, 0.717) is 10.7 Å². The van der Waals surface area contributed by atoms with Crippen LogP contribution in [0.5, 0.6) is 0 Å². The molecule has 1 aromatic carbocycles. The van der Waals surface area contributed by atoms with Crippen molar-refractivity contribution in [3.63, 3.8) is 0 Å². The van der Waals surface area contributed by atoms with Crippen LogP contribution >= 0.6 is 0 Å². The Balaban J connectivity index is 2.27. The zero-order chi connectivity index (χ0) is 17.9. The van der Waals surface area contributed by atoms with Crippen molar-refractivity contribution in [2.24, 2.45) is 15.0 Å². The van der Waals surface area contributed by atoms with E-state index in [4.69, 9.17) is 0 Å². The number of carboxylic acids is 3. The summed E-state index contributed by atoms with van der Waals surface area (Å²) >= 11 is 0. The van der Waals surface area contributed by atoms with Gasteiger partial charge in [-0.2, -0.15) is 0 Å². The number of hydrogen-bond acceptors (Lipinski definition) is 6. The molecule has 0 radical (unpaired) electrons. The monoisotopic (exact) mass is 340 g/mol. The van der Waals surface area contributed by atoms with Crippen LogP contribution < -0.4 is 10.6 Å². The zero-order valence-corrected chi connectivity index (χ0v) is 12.3. The molecule has 2 aliphatic rings. The van der Waals surface area contributed by atoms with Crippen LogP contribution in [0, 0.1) is 0 Å². The van der Waals surface area contributed by atoms with E-state index in [0.717, 1.165) is 0 Å². The molecular formula is C15H8N4O6. The van der Waals surface area contributed by atoms with Crippen LogP contribution in [0.15, 0.2) is 21.0 Å². The third kappa shape index (κ3) is 1.97. The first-order valence-electron chi connectivity index (χ1n) is 6.98. The molecule has 25 heavy (non-hydrogen) atoms. The number of nitrogens with one attached hydrogen (secondary N) is 1. The van der Waals surface area contributed by atoms with Crippen molar-refractivity contribution in [3.8, 4) is 0 Å². The fraction of sp³-hybridized carbons (Fsp3) is 0.0667. The number of carbonyl (C=O) groups is 3. The maximum Gasteiger partial charge on any atom is 0.352 e. The summed E-state index contributed by atoms with van der Waals surface area (Å²) in [5, 5.41) is 28.8. The van der Waals surface area contributed by atoms with Crippen molar-refractivity contribution in [3.05, 3.63) is 22.3 Å². The minimum Gasteiger partial charge on any atom is -0.478 e. The second-order valence-electron chi connectivity index (χ2n) is 5.40. The van der Waals surface area contributed by atoms with Gasteiger partial charge in [0.2, 0.25) is 0 Å². The van der Waals surface area contributed by atoms with Gasteiger partial charge in [-0.3, -0.25) is 0 Å². The lowest BCUT2D eigenvalue weighted by atomic mass is 9.98. The lowest BCUT2D eigenvalue weighted by Crippen LogP contribution is -2.27. The van der Waals surface area contributed by atoms with Gasteiger partial charge in [0.05, 0.1) is 11.1 Å². The van der Waals surface area contributed by atoms with Gasteiger partial charge in [-0.15, -0.1) is 0 Å². The van der Waals surface area contributed by atoms with E-state index in [9.17, 15) is 29.7 Å². The number of aromatic amines is 1.